The molecule has 0 radical (unpaired) electrons. The molecule has 3 nitrogen and oxygen atoms in total. The highest BCUT2D eigenvalue weighted by molar-refractivity contribution is 6.33. The Morgan fingerprint density at radius 1 is 1.39 bits per heavy atom. The van der Waals surface area contributed by atoms with Crippen LogP contribution in [0, 0.1) is 5.82 Å². The van der Waals surface area contributed by atoms with Crippen LogP contribution in [0.5, 0.6) is 0 Å². The largest absolute Gasteiger partial charge is 0.367 e. The van der Waals surface area contributed by atoms with Crippen LogP contribution in [0.1, 0.15) is 30.9 Å². The van der Waals surface area contributed by atoms with Crippen molar-refractivity contribution >= 4 is 17.5 Å². The highest BCUT2D eigenvalue weighted by Crippen LogP contribution is 2.44. The summed E-state index contributed by atoms with van der Waals surface area (Å²) in [7, 11) is 0. The van der Waals surface area contributed by atoms with Crippen molar-refractivity contribution in [2.75, 3.05) is 5.73 Å². The van der Waals surface area contributed by atoms with Crippen molar-refractivity contribution in [1.82, 2.24) is 5.16 Å². The summed E-state index contributed by atoms with van der Waals surface area (Å²) in [5.74, 6) is 0.247. The molecular formula is C13H12ClFN2O. The van der Waals surface area contributed by atoms with Gasteiger partial charge in [-0.05, 0) is 31.0 Å². The summed E-state index contributed by atoms with van der Waals surface area (Å²) in [4.78, 5) is 0. The lowest BCUT2D eigenvalue weighted by atomic mass is 9.80. The fraction of sp³-hybridized carbons (Fsp3) is 0.308. The summed E-state index contributed by atoms with van der Waals surface area (Å²) in [5.41, 5.74) is 8.05. The van der Waals surface area contributed by atoms with Crippen LogP contribution >= 0.6 is 11.6 Å². The number of anilines is 1. The van der Waals surface area contributed by atoms with Crippen LogP contribution in [0.25, 0.3) is 11.1 Å². The topological polar surface area (TPSA) is 52.0 Å². The Kier molecular flexibility index (Phi) is 2.74. The van der Waals surface area contributed by atoms with Crippen molar-refractivity contribution in [3.8, 4) is 11.1 Å². The van der Waals surface area contributed by atoms with Crippen LogP contribution in [-0.2, 0) is 0 Å². The van der Waals surface area contributed by atoms with Crippen LogP contribution < -0.4 is 5.73 Å². The average Bonchev–Trinajstić information content (AvgIpc) is 2.59. The van der Waals surface area contributed by atoms with E-state index in [0.717, 1.165) is 18.5 Å². The van der Waals surface area contributed by atoms with Gasteiger partial charge in [-0.25, -0.2) is 4.39 Å². The van der Waals surface area contributed by atoms with Crippen LogP contribution in [-0.4, -0.2) is 5.16 Å². The van der Waals surface area contributed by atoms with E-state index in [1.807, 2.05) is 0 Å². The standard InChI is InChI=1S/C13H12ClFN2O/c14-10-6-8(15)4-5-9(10)11-12(7-2-1-3-7)17-18-13(11)16/h4-7H,1-3,16H2. The third-order valence-electron chi connectivity index (χ3n) is 3.44. The number of hydrogen-bond acceptors (Lipinski definition) is 3. The van der Waals surface area contributed by atoms with Crippen LogP contribution in [0.2, 0.25) is 5.02 Å². The summed E-state index contributed by atoms with van der Waals surface area (Å²) in [6.45, 7) is 0. The molecule has 1 saturated carbocycles. The van der Waals surface area contributed by atoms with Gasteiger partial charge < -0.3 is 10.3 Å². The van der Waals surface area contributed by atoms with E-state index in [1.165, 1.54) is 18.6 Å². The second-order valence-electron chi connectivity index (χ2n) is 4.56. The second kappa shape index (κ2) is 4.28. The zero-order valence-electron chi connectivity index (χ0n) is 9.62. The first-order chi connectivity index (χ1) is 8.66. The van der Waals surface area contributed by atoms with Gasteiger partial charge in [0.05, 0.1) is 16.3 Å². The molecule has 1 fully saturated rings. The van der Waals surface area contributed by atoms with Gasteiger partial charge in [0.25, 0.3) is 0 Å². The zero-order valence-corrected chi connectivity index (χ0v) is 10.4. The first-order valence-electron chi connectivity index (χ1n) is 5.87. The third-order valence-corrected chi connectivity index (χ3v) is 3.75. The Balaban J connectivity index is 2.12. The lowest BCUT2D eigenvalue weighted by Gasteiger charge is -2.24. The highest BCUT2D eigenvalue weighted by Gasteiger charge is 2.29. The SMILES string of the molecule is Nc1onc(C2CCC2)c1-c1ccc(F)cc1Cl. The smallest absolute Gasteiger partial charge is 0.230 e. The molecule has 0 amide bonds. The zero-order chi connectivity index (χ0) is 12.7. The molecule has 1 aliphatic carbocycles. The Morgan fingerprint density at radius 3 is 2.78 bits per heavy atom. The number of rotatable bonds is 2. The summed E-state index contributed by atoms with van der Waals surface area (Å²) in [5, 5.41) is 4.35. The normalized spacial score (nSPS) is 15.7. The fourth-order valence-electron chi connectivity index (χ4n) is 2.24. The lowest BCUT2D eigenvalue weighted by Crippen LogP contribution is -2.10. The summed E-state index contributed by atoms with van der Waals surface area (Å²) in [6, 6.07) is 4.24. The van der Waals surface area contributed by atoms with E-state index >= 15 is 0 Å². The number of aromatic nitrogens is 1. The van der Waals surface area contributed by atoms with Gasteiger partial charge in [-0.3, -0.25) is 0 Å². The molecule has 1 aromatic carbocycles. The minimum Gasteiger partial charge on any atom is -0.367 e. The van der Waals surface area contributed by atoms with Gasteiger partial charge in [0, 0.05) is 11.5 Å². The van der Waals surface area contributed by atoms with Crippen molar-refractivity contribution in [3.63, 3.8) is 0 Å². The second-order valence-corrected chi connectivity index (χ2v) is 4.97. The van der Waals surface area contributed by atoms with Gasteiger partial charge in [0.15, 0.2) is 0 Å². The minimum absolute atomic E-state index is 0.241. The molecule has 0 aliphatic heterocycles. The number of hydrogen-bond donors (Lipinski definition) is 1. The molecule has 18 heavy (non-hydrogen) atoms. The molecule has 94 valence electrons. The van der Waals surface area contributed by atoms with E-state index < -0.39 is 0 Å². The Morgan fingerprint density at radius 2 is 2.17 bits per heavy atom. The molecule has 0 unspecified atom stereocenters. The van der Waals surface area contributed by atoms with E-state index in [9.17, 15) is 4.39 Å². The molecule has 5 heteroatoms. The number of nitrogens with zero attached hydrogens (tertiary/aromatic N) is 1. The minimum atomic E-state index is -0.371. The molecule has 2 aromatic rings. The monoisotopic (exact) mass is 266 g/mol. The van der Waals surface area contributed by atoms with E-state index in [4.69, 9.17) is 21.9 Å². The highest BCUT2D eigenvalue weighted by atomic mass is 35.5. The maximum Gasteiger partial charge on any atom is 0.230 e. The Bertz CT molecular complexity index is 593. The van der Waals surface area contributed by atoms with E-state index in [1.54, 1.807) is 6.07 Å². The van der Waals surface area contributed by atoms with Crippen LogP contribution in [0.3, 0.4) is 0 Å². The first-order valence-corrected chi connectivity index (χ1v) is 6.25. The van der Waals surface area contributed by atoms with E-state index in [-0.39, 0.29) is 11.7 Å². The predicted octanol–water partition coefficient (Wildman–Crippen LogP) is 3.98. The van der Waals surface area contributed by atoms with Crippen molar-refractivity contribution in [3.05, 3.63) is 34.7 Å². The maximum absolute atomic E-state index is 13.1. The van der Waals surface area contributed by atoms with Crippen LogP contribution in [0.15, 0.2) is 22.7 Å². The van der Waals surface area contributed by atoms with Crippen LogP contribution in [0.4, 0.5) is 10.3 Å². The predicted molar refractivity (Wildman–Crippen MR) is 67.9 cm³/mol. The number of halogens is 2. The van der Waals surface area contributed by atoms with Crippen molar-refractivity contribution in [2.24, 2.45) is 0 Å². The molecule has 2 N–H and O–H groups in total. The van der Waals surface area contributed by atoms with Gasteiger partial charge in [0.2, 0.25) is 5.88 Å². The summed E-state index contributed by atoms with van der Waals surface area (Å²) < 4.78 is 18.1. The van der Waals surface area contributed by atoms with Crippen molar-refractivity contribution < 1.29 is 8.91 Å². The third kappa shape index (κ3) is 1.77. The molecule has 1 aliphatic rings. The van der Waals surface area contributed by atoms with Gasteiger partial charge in [-0.15, -0.1) is 0 Å². The van der Waals surface area contributed by atoms with Crippen molar-refractivity contribution in [2.45, 2.75) is 25.2 Å². The number of nitrogens with two attached hydrogens (primary N) is 1. The number of nitrogen functional groups attached to an aromatic ring is 1. The van der Waals surface area contributed by atoms with Gasteiger partial charge in [0.1, 0.15) is 5.82 Å². The first kappa shape index (κ1) is 11.5. The fourth-order valence-corrected chi connectivity index (χ4v) is 2.50. The molecular weight excluding hydrogens is 255 g/mol. The van der Waals surface area contributed by atoms with E-state index in [2.05, 4.69) is 5.16 Å². The van der Waals surface area contributed by atoms with Crippen molar-refractivity contribution in [1.29, 1.82) is 0 Å². The Hall–Kier alpha value is -1.55. The summed E-state index contributed by atoms with van der Waals surface area (Å²) >= 11 is 6.07. The molecule has 0 spiro atoms. The molecule has 1 heterocycles. The van der Waals surface area contributed by atoms with E-state index in [0.29, 0.717) is 22.1 Å². The molecule has 1 aromatic heterocycles. The molecule has 3 rings (SSSR count). The molecule has 0 atom stereocenters. The molecule has 0 bridgehead atoms. The van der Waals surface area contributed by atoms with Gasteiger partial charge in [-0.1, -0.05) is 23.2 Å². The molecule has 0 saturated heterocycles. The maximum atomic E-state index is 13.1. The van der Waals surface area contributed by atoms with Gasteiger partial charge >= 0.3 is 0 Å². The lowest BCUT2D eigenvalue weighted by molar-refractivity contribution is 0.369. The Labute approximate surface area is 109 Å². The quantitative estimate of drug-likeness (QED) is 0.894. The number of benzene rings is 1. The van der Waals surface area contributed by atoms with Gasteiger partial charge in [-0.2, -0.15) is 0 Å². The average molecular weight is 267 g/mol. The summed E-state index contributed by atoms with van der Waals surface area (Å²) in [6.07, 6.45) is 3.35.